The number of fused-ring (bicyclic) bond motifs is 1. The summed E-state index contributed by atoms with van der Waals surface area (Å²) in [6.45, 7) is 0.376. The van der Waals surface area contributed by atoms with Gasteiger partial charge in [-0.25, -0.2) is 14.8 Å². The number of hydrogen-bond acceptors (Lipinski definition) is 4. The molecule has 31 heavy (non-hydrogen) atoms. The number of para-hydroxylation sites is 2. The Balaban J connectivity index is 1.71. The molecule has 2 aromatic carbocycles. The molecule has 0 saturated carbocycles. The number of alkyl halides is 3. The van der Waals surface area contributed by atoms with E-state index in [4.69, 9.17) is 16.7 Å². The number of pyridine rings is 1. The van der Waals surface area contributed by atoms with E-state index in [0.717, 1.165) is 35.1 Å². The fourth-order valence-electron chi connectivity index (χ4n) is 2.96. The van der Waals surface area contributed by atoms with Gasteiger partial charge in [-0.1, -0.05) is 35.9 Å². The third-order valence-electron chi connectivity index (χ3n) is 4.48. The number of carboxylic acids is 1. The van der Waals surface area contributed by atoms with E-state index in [-0.39, 0.29) is 15.6 Å². The molecule has 0 spiro atoms. The quantitative estimate of drug-likeness (QED) is 0.393. The second kappa shape index (κ2) is 8.24. The Hall–Kier alpha value is -3.04. The van der Waals surface area contributed by atoms with Crippen molar-refractivity contribution in [2.75, 3.05) is 0 Å². The molecule has 158 valence electrons. The van der Waals surface area contributed by atoms with Crippen LogP contribution in [0.5, 0.6) is 0 Å². The molecule has 0 radical (unpaired) electrons. The highest BCUT2D eigenvalue weighted by atomic mass is 35.5. The maximum absolute atomic E-state index is 12.9. The zero-order valence-corrected chi connectivity index (χ0v) is 17.2. The lowest BCUT2D eigenvalue weighted by Crippen LogP contribution is -2.06. The van der Waals surface area contributed by atoms with Crippen LogP contribution in [0.2, 0.25) is 5.02 Å². The molecular formula is C21H13ClF3N3O2S. The Morgan fingerprint density at radius 2 is 1.84 bits per heavy atom. The lowest BCUT2D eigenvalue weighted by molar-refractivity contribution is -0.137. The van der Waals surface area contributed by atoms with Crippen LogP contribution in [0.1, 0.15) is 21.5 Å². The van der Waals surface area contributed by atoms with E-state index in [1.165, 1.54) is 12.1 Å². The number of carboxylic acid groups (broad SMARTS) is 1. The van der Waals surface area contributed by atoms with Crippen molar-refractivity contribution in [3.8, 4) is 0 Å². The molecule has 1 N–H and O–H groups in total. The first-order valence-electron chi connectivity index (χ1n) is 8.90. The van der Waals surface area contributed by atoms with Crippen molar-refractivity contribution in [1.29, 1.82) is 0 Å². The summed E-state index contributed by atoms with van der Waals surface area (Å²) < 4.78 is 40.6. The molecule has 0 unspecified atom stereocenters. The fraction of sp³-hybridized carbons (Fsp3) is 0.0952. The first-order valence-corrected chi connectivity index (χ1v) is 10.1. The van der Waals surface area contributed by atoms with Crippen LogP contribution in [0.4, 0.5) is 13.2 Å². The minimum absolute atomic E-state index is 0.121. The van der Waals surface area contributed by atoms with Crippen LogP contribution in [0.15, 0.2) is 71.0 Å². The Morgan fingerprint density at radius 1 is 1.13 bits per heavy atom. The molecule has 4 rings (SSSR count). The predicted octanol–water partition coefficient (Wildman–Crippen LogP) is 6.00. The first-order chi connectivity index (χ1) is 14.7. The molecule has 0 amide bonds. The van der Waals surface area contributed by atoms with Gasteiger partial charge in [0.15, 0.2) is 5.16 Å². The summed E-state index contributed by atoms with van der Waals surface area (Å²) in [4.78, 5) is 19.5. The number of hydrogen-bond donors (Lipinski definition) is 1. The highest BCUT2D eigenvalue weighted by Gasteiger charge is 2.31. The SMILES string of the molecule is O=C(O)c1ccc(Cn2c(Sc3ncc(C(F)(F)F)cc3Cl)nc3ccccc32)cc1. The van der Waals surface area contributed by atoms with Crippen LogP contribution in [0.25, 0.3) is 11.0 Å². The number of halogens is 4. The molecule has 0 bridgehead atoms. The summed E-state index contributed by atoms with van der Waals surface area (Å²) in [7, 11) is 0. The van der Waals surface area contributed by atoms with Gasteiger partial charge in [-0.15, -0.1) is 0 Å². The van der Waals surface area contributed by atoms with Crippen molar-refractivity contribution in [3.63, 3.8) is 0 Å². The molecule has 0 atom stereocenters. The van der Waals surface area contributed by atoms with Crippen LogP contribution in [-0.2, 0) is 12.7 Å². The van der Waals surface area contributed by atoms with Gasteiger partial charge in [0, 0.05) is 6.20 Å². The van der Waals surface area contributed by atoms with Crippen molar-refractivity contribution in [1.82, 2.24) is 14.5 Å². The number of benzene rings is 2. The van der Waals surface area contributed by atoms with Crippen LogP contribution in [0.3, 0.4) is 0 Å². The minimum Gasteiger partial charge on any atom is -0.478 e. The van der Waals surface area contributed by atoms with Crippen LogP contribution in [-0.4, -0.2) is 25.6 Å². The third kappa shape index (κ3) is 4.52. The van der Waals surface area contributed by atoms with E-state index >= 15 is 0 Å². The van der Waals surface area contributed by atoms with Gasteiger partial charge >= 0.3 is 12.1 Å². The van der Waals surface area contributed by atoms with Crippen molar-refractivity contribution in [2.45, 2.75) is 22.9 Å². The van der Waals surface area contributed by atoms with Crippen molar-refractivity contribution < 1.29 is 23.1 Å². The summed E-state index contributed by atoms with van der Waals surface area (Å²) in [5, 5.41) is 9.65. The number of aromatic carboxylic acids is 1. The summed E-state index contributed by atoms with van der Waals surface area (Å²) in [5.74, 6) is -1.01. The smallest absolute Gasteiger partial charge is 0.417 e. The normalized spacial score (nSPS) is 11.7. The number of rotatable bonds is 5. The molecule has 0 fully saturated rings. The predicted molar refractivity (Wildman–Crippen MR) is 111 cm³/mol. The van der Waals surface area contributed by atoms with Gasteiger partial charge in [0.1, 0.15) is 5.03 Å². The molecule has 0 aliphatic carbocycles. The van der Waals surface area contributed by atoms with E-state index in [1.54, 1.807) is 12.1 Å². The van der Waals surface area contributed by atoms with Gasteiger partial charge in [-0.05, 0) is 47.7 Å². The van der Waals surface area contributed by atoms with E-state index in [0.29, 0.717) is 17.2 Å². The molecule has 0 saturated heterocycles. The van der Waals surface area contributed by atoms with Crippen molar-refractivity contribution in [3.05, 3.63) is 82.5 Å². The summed E-state index contributed by atoms with van der Waals surface area (Å²) in [5.41, 5.74) is 1.61. The van der Waals surface area contributed by atoms with Crippen LogP contribution < -0.4 is 0 Å². The highest BCUT2D eigenvalue weighted by Crippen LogP contribution is 2.37. The standard InChI is InChI=1S/C21H13ClF3N3O2S/c22-15-9-14(21(23,24)25)10-26-18(15)31-20-27-16-3-1-2-4-17(16)28(20)11-12-5-7-13(8-6-12)19(29)30/h1-10H,11H2,(H,29,30). The maximum Gasteiger partial charge on any atom is 0.417 e. The van der Waals surface area contributed by atoms with E-state index in [9.17, 15) is 18.0 Å². The molecule has 0 aliphatic heterocycles. The maximum atomic E-state index is 12.9. The van der Waals surface area contributed by atoms with Gasteiger partial charge in [-0.2, -0.15) is 13.2 Å². The first kappa shape index (κ1) is 21.2. The molecule has 2 heterocycles. The monoisotopic (exact) mass is 463 g/mol. The van der Waals surface area contributed by atoms with Gasteiger partial charge in [0.2, 0.25) is 0 Å². The lowest BCUT2D eigenvalue weighted by Gasteiger charge is -2.11. The molecular weight excluding hydrogens is 451 g/mol. The average molecular weight is 464 g/mol. The largest absolute Gasteiger partial charge is 0.478 e. The number of carbonyl (C=O) groups is 1. The van der Waals surface area contributed by atoms with Crippen LogP contribution in [0, 0.1) is 0 Å². The van der Waals surface area contributed by atoms with Crippen molar-refractivity contribution in [2.24, 2.45) is 0 Å². The Bertz CT molecular complexity index is 1270. The second-order valence-electron chi connectivity index (χ2n) is 6.58. The molecule has 2 aromatic heterocycles. The lowest BCUT2D eigenvalue weighted by atomic mass is 10.1. The third-order valence-corrected chi connectivity index (χ3v) is 5.90. The zero-order chi connectivity index (χ0) is 22.2. The molecule has 4 aromatic rings. The van der Waals surface area contributed by atoms with Crippen LogP contribution >= 0.6 is 23.4 Å². The number of imidazole rings is 1. The molecule has 0 aliphatic rings. The van der Waals surface area contributed by atoms with Gasteiger partial charge in [-0.3, -0.25) is 0 Å². The van der Waals surface area contributed by atoms with E-state index in [1.807, 2.05) is 28.8 Å². The summed E-state index contributed by atoms with van der Waals surface area (Å²) in [6.07, 6.45) is -3.79. The fourth-order valence-corrected chi connectivity index (χ4v) is 4.10. The molecule has 5 nitrogen and oxygen atoms in total. The average Bonchev–Trinajstić information content (AvgIpc) is 3.06. The Kier molecular flexibility index (Phi) is 5.63. The van der Waals surface area contributed by atoms with E-state index in [2.05, 4.69) is 9.97 Å². The van der Waals surface area contributed by atoms with Crippen molar-refractivity contribution >= 4 is 40.4 Å². The topological polar surface area (TPSA) is 68.0 Å². The molecule has 10 heteroatoms. The van der Waals surface area contributed by atoms with Gasteiger partial charge in [0.25, 0.3) is 0 Å². The van der Waals surface area contributed by atoms with Gasteiger partial charge in [0.05, 0.1) is 33.7 Å². The van der Waals surface area contributed by atoms with E-state index < -0.39 is 17.7 Å². The number of nitrogens with zero attached hydrogens (tertiary/aromatic N) is 3. The number of aromatic nitrogens is 3. The van der Waals surface area contributed by atoms with Gasteiger partial charge < -0.3 is 9.67 Å². The minimum atomic E-state index is -4.53. The highest BCUT2D eigenvalue weighted by molar-refractivity contribution is 7.99. The zero-order valence-electron chi connectivity index (χ0n) is 15.6. The Morgan fingerprint density at radius 3 is 2.48 bits per heavy atom. The summed E-state index contributed by atoms with van der Waals surface area (Å²) >= 11 is 7.13. The second-order valence-corrected chi connectivity index (χ2v) is 7.95. The summed E-state index contributed by atoms with van der Waals surface area (Å²) in [6, 6.07) is 14.7. The Labute approximate surface area is 183 Å².